The Kier molecular flexibility index (Phi) is 4.85. The van der Waals surface area contributed by atoms with Crippen LogP contribution in [0, 0.1) is 10.1 Å². The van der Waals surface area contributed by atoms with Crippen LogP contribution in [0.2, 0.25) is 0 Å². The Hall–Kier alpha value is -0.606. The predicted molar refractivity (Wildman–Crippen MR) is 37.9 cm³/mol. The molecule has 12 heavy (non-hydrogen) atoms. The van der Waals surface area contributed by atoms with E-state index in [1.165, 1.54) is 24.5 Å². The first-order valence-electron chi connectivity index (χ1n) is 2.87. The molecule has 0 N–H and O–H groups in total. The van der Waals surface area contributed by atoms with E-state index >= 15 is 0 Å². The van der Waals surface area contributed by atoms with E-state index in [0.717, 1.165) is 0 Å². The first-order valence-corrected chi connectivity index (χ1v) is 2.87. The number of rotatable bonds is 2. The average molecular weight is 239 g/mol. The maximum Gasteiger partial charge on any atom is 3.00 e. The quantitative estimate of drug-likeness (QED) is 0.440. The van der Waals surface area contributed by atoms with Crippen LogP contribution in [0.25, 0.3) is 0 Å². The molecule has 5 heteroatoms. The van der Waals surface area contributed by atoms with Gasteiger partial charge in [0.15, 0.2) is 5.69 Å². The van der Waals surface area contributed by atoms with Crippen molar-refractivity contribution in [2.75, 3.05) is 0 Å². The van der Waals surface area contributed by atoms with Crippen LogP contribution in [0.5, 0.6) is 0 Å². The Bertz CT molecular complexity index is 300. The van der Waals surface area contributed by atoms with Crippen LogP contribution in [0.1, 0.15) is 5.56 Å². The molecule has 0 atom stereocenters. The van der Waals surface area contributed by atoms with Crippen LogP contribution in [-0.4, -0.2) is 11.2 Å². The van der Waals surface area contributed by atoms with Crippen molar-refractivity contribution in [1.29, 1.82) is 0 Å². The summed E-state index contributed by atoms with van der Waals surface area (Å²) in [7, 11) is 0. The Balaban J connectivity index is 0.00000121. The third-order valence-electron chi connectivity index (χ3n) is 1.21. The maximum atomic E-state index is 10.2. The van der Waals surface area contributed by atoms with E-state index in [0.29, 0.717) is 0 Å². The molecule has 0 aliphatic carbocycles. The van der Waals surface area contributed by atoms with Gasteiger partial charge in [-0.05, 0) is 6.07 Å². The first-order chi connectivity index (χ1) is 5.25. The van der Waals surface area contributed by atoms with E-state index < -0.39 is 4.92 Å². The smallest absolute Gasteiger partial charge is 0.376 e. The summed E-state index contributed by atoms with van der Waals surface area (Å²) in [5, 5.41) is 10.2. The molecule has 1 rings (SSSR count). The van der Waals surface area contributed by atoms with Crippen LogP contribution >= 0.6 is 0 Å². The summed E-state index contributed by atoms with van der Waals surface area (Å²) in [4.78, 5) is 19.7. The summed E-state index contributed by atoms with van der Waals surface area (Å²) < 4.78 is 0. The number of nitrogens with zero attached hydrogens (tertiary/aromatic N) is 1. The van der Waals surface area contributed by atoms with Crippen molar-refractivity contribution in [3.05, 3.63) is 39.9 Å². The van der Waals surface area contributed by atoms with Crippen molar-refractivity contribution in [3.8, 4) is 0 Å². The largest absolute Gasteiger partial charge is 3.00 e. The van der Waals surface area contributed by atoms with E-state index in [1.54, 1.807) is 6.07 Å². The first kappa shape index (κ1) is 11.4. The maximum absolute atomic E-state index is 10.2. The molecule has 0 heterocycles. The molecule has 1 aromatic carbocycles. The monoisotopic (exact) mass is 239 g/mol. The molecule has 56 valence electrons. The average Bonchev–Trinajstić information content (AvgIpc) is 2.04. The normalized spacial score (nSPS) is 8.33. The van der Waals surface area contributed by atoms with E-state index in [2.05, 4.69) is 0 Å². The second kappa shape index (κ2) is 5.11. The molecule has 0 saturated carbocycles. The van der Waals surface area contributed by atoms with Gasteiger partial charge in [0.2, 0.25) is 0 Å². The van der Waals surface area contributed by atoms with Gasteiger partial charge in [-0.25, -0.2) is 0 Å². The molecule has 0 fully saturated rings. The van der Waals surface area contributed by atoms with Gasteiger partial charge >= 0.3 is 32.7 Å². The molecule has 0 saturated heterocycles. The Morgan fingerprint density at radius 2 is 1.92 bits per heavy atom. The zero-order chi connectivity index (χ0) is 8.27. The van der Waals surface area contributed by atoms with Gasteiger partial charge in [0.1, 0.15) is 0 Å². The number of carbonyl (C=O) groups excluding carboxylic acids is 1. The summed E-state index contributed by atoms with van der Waals surface area (Å²) in [5.74, 6) is 0. The fourth-order valence-electron chi connectivity index (χ4n) is 0.719. The Morgan fingerprint density at radius 3 is 2.33 bits per heavy atom. The molecule has 0 bridgehead atoms. The van der Waals surface area contributed by atoms with Gasteiger partial charge in [-0.1, -0.05) is 11.6 Å². The standard InChI is InChI=1S/C7H4NO3.Y/c9-5-6-3-1-2-4-7(6)8(10)11;/h1-4H;/q-1;+3. The van der Waals surface area contributed by atoms with Gasteiger partial charge in [0, 0.05) is 4.92 Å². The summed E-state index contributed by atoms with van der Waals surface area (Å²) in [5.41, 5.74) is -0.222. The number of hydrogen-bond acceptors (Lipinski definition) is 3. The molecular weight excluding hydrogens is 235 g/mol. The molecule has 0 aliphatic heterocycles. The molecule has 0 aliphatic rings. The molecule has 1 aromatic rings. The zero-order valence-electron chi connectivity index (χ0n) is 6.06. The van der Waals surface area contributed by atoms with Crippen LogP contribution < -0.4 is 0 Å². The van der Waals surface area contributed by atoms with Gasteiger partial charge in [0.05, 0.1) is 6.29 Å². The van der Waals surface area contributed by atoms with Crippen LogP contribution in [0.15, 0.2) is 24.3 Å². The number of benzene rings is 1. The minimum Gasteiger partial charge on any atom is -0.376 e. The van der Waals surface area contributed by atoms with E-state index in [1.807, 2.05) is 0 Å². The minimum absolute atomic E-state index is 0. The third-order valence-corrected chi connectivity index (χ3v) is 1.21. The summed E-state index contributed by atoms with van der Waals surface area (Å²) in [6.07, 6.45) is 1.49. The summed E-state index contributed by atoms with van der Waals surface area (Å²) in [6.45, 7) is 0. The molecule has 0 unspecified atom stereocenters. The Morgan fingerprint density at radius 1 is 1.33 bits per heavy atom. The molecule has 0 radical (unpaired) electrons. The van der Waals surface area contributed by atoms with E-state index in [9.17, 15) is 14.9 Å². The number of para-hydroxylation sites is 1. The van der Waals surface area contributed by atoms with Crippen molar-refractivity contribution in [2.45, 2.75) is 0 Å². The van der Waals surface area contributed by atoms with E-state index in [4.69, 9.17) is 0 Å². The SMILES string of the molecule is O=[C-]c1ccccc1[N+](=O)[O-].[Y+3]. The summed E-state index contributed by atoms with van der Waals surface area (Å²) >= 11 is 0. The van der Waals surface area contributed by atoms with Gasteiger partial charge < -0.3 is 4.79 Å². The minimum atomic E-state index is -0.611. The van der Waals surface area contributed by atoms with Crippen molar-refractivity contribution in [3.63, 3.8) is 0 Å². The number of hydrogen-bond donors (Lipinski definition) is 0. The number of nitro groups is 1. The second-order valence-electron chi connectivity index (χ2n) is 1.88. The topological polar surface area (TPSA) is 60.2 Å². The van der Waals surface area contributed by atoms with Crippen molar-refractivity contribution < 1.29 is 42.4 Å². The fourth-order valence-corrected chi connectivity index (χ4v) is 0.719. The molecular formula is C7H4NO3Y+2. The summed E-state index contributed by atoms with van der Waals surface area (Å²) in [6, 6.07) is 5.66. The Labute approximate surface area is 94.0 Å². The second-order valence-corrected chi connectivity index (χ2v) is 1.88. The van der Waals surface area contributed by atoms with Crippen molar-refractivity contribution in [1.82, 2.24) is 0 Å². The van der Waals surface area contributed by atoms with Crippen LogP contribution in [0.4, 0.5) is 5.69 Å². The van der Waals surface area contributed by atoms with Crippen molar-refractivity contribution >= 4 is 12.0 Å². The number of nitro benzene ring substituents is 1. The van der Waals surface area contributed by atoms with Crippen molar-refractivity contribution in [2.24, 2.45) is 0 Å². The fraction of sp³-hybridized carbons (Fsp3) is 0. The van der Waals surface area contributed by atoms with Gasteiger partial charge in [0.25, 0.3) is 0 Å². The van der Waals surface area contributed by atoms with Crippen LogP contribution in [0.3, 0.4) is 0 Å². The molecule has 0 aromatic heterocycles. The molecule has 0 spiro atoms. The van der Waals surface area contributed by atoms with Crippen LogP contribution in [-0.2, 0) is 37.5 Å². The zero-order valence-corrected chi connectivity index (χ0v) is 8.90. The molecule has 4 nitrogen and oxygen atoms in total. The van der Waals surface area contributed by atoms with Gasteiger partial charge in [-0.15, -0.1) is 6.07 Å². The third kappa shape index (κ3) is 2.46. The van der Waals surface area contributed by atoms with E-state index in [-0.39, 0.29) is 44.0 Å². The van der Waals surface area contributed by atoms with Gasteiger partial charge in [-0.2, -0.15) is 6.07 Å². The van der Waals surface area contributed by atoms with Gasteiger partial charge in [-0.3, -0.25) is 10.1 Å². The molecule has 0 amide bonds. The predicted octanol–water partition coefficient (Wildman–Crippen LogP) is 1.05.